The summed E-state index contributed by atoms with van der Waals surface area (Å²) in [6.45, 7) is 11.3. The van der Waals surface area contributed by atoms with Gasteiger partial charge in [0.25, 0.3) is 0 Å². The minimum Gasteiger partial charge on any atom is -0.337 e. The van der Waals surface area contributed by atoms with Gasteiger partial charge in [0, 0.05) is 22.8 Å². The zero-order valence-electron chi connectivity index (χ0n) is 10.9. The highest BCUT2D eigenvalue weighted by molar-refractivity contribution is 7.71. The summed E-state index contributed by atoms with van der Waals surface area (Å²) in [5.41, 5.74) is 1.61. The Morgan fingerprint density at radius 3 is 2.25 bits per heavy atom. The molecule has 0 amide bonds. The number of hydrogen-bond acceptors (Lipinski definition) is 1. The predicted octanol–water partition coefficient (Wildman–Crippen LogP) is 3.99. The van der Waals surface area contributed by atoms with Gasteiger partial charge in [-0.1, -0.05) is 20.8 Å². The highest BCUT2D eigenvalue weighted by Gasteiger charge is 2.41. The number of aromatic nitrogens is 2. The van der Waals surface area contributed by atoms with Crippen molar-refractivity contribution in [3.05, 3.63) is 16.7 Å². The molecule has 3 heteroatoms. The van der Waals surface area contributed by atoms with E-state index in [0.29, 0.717) is 0 Å². The van der Waals surface area contributed by atoms with Crippen molar-refractivity contribution in [2.75, 3.05) is 0 Å². The van der Waals surface area contributed by atoms with E-state index in [0.717, 1.165) is 10.7 Å². The Labute approximate surface area is 103 Å². The maximum atomic E-state index is 5.44. The average molecular weight is 238 g/mol. The first-order chi connectivity index (χ1) is 7.24. The second-order valence-electron chi connectivity index (χ2n) is 6.49. The van der Waals surface area contributed by atoms with Crippen LogP contribution in [0, 0.1) is 10.7 Å². The van der Waals surface area contributed by atoms with Crippen molar-refractivity contribution in [2.45, 2.75) is 58.4 Å². The summed E-state index contributed by atoms with van der Waals surface area (Å²) in [5, 5.41) is 0. The molecule has 0 atom stereocenters. The molecule has 90 valence electrons. The van der Waals surface area contributed by atoms with Gasteiger partial charge in [0.15, 0.2) is 4.77 Å². The van der Waals surface area contributed by atoms with Crippen molar-refractivity contribution in [2.24, 2.45) is 5.92 Å². The highest BCUT2D eigenvalue weighted by Crippen LogP contribution is 2.45. The molecule has 1 aromatic rings. The summed E-state index contributed by atoms with van der Waals surface area (Å²) < 4.78 is 3.20. The third-order valence-electron chi connectivity index (χ3n) is 3.70. The molecule has 0 bridgehead atoms. The lowest BCUT2D eigenvalue weighted by molar-refractivity contribution is 0.280. The average Bonchev–Trinajstić information content (AvgIpc) is 2.88. The van der Waals surface area contributed by atoms with Gasteiger partial charge in [0.2, 0.25) is 0 Å². The maximum absolute atomic E-state index is 5.44. The number of rotatable bonds is 2. The molecule has 1 aliphatic carbocycles. The van der Waals surface area contributed by atoms with Crippen LogP contribution < -0.4 is 0 Å². The molecule has 1 saturated carbocycles. The summed E-state index contributed by atoms with van der Waals surface area (Å²) in [5.74, 6) is 0.788. The third-order valence-corrected chi connectivity index (χ3v) is 4.00. The molecule has 0 unspecified atom stereocenters. The Bertz CT molecular complexity index is 441. The van der Waals surface area contributed by atoms with Gasteiger partial charge in [-0.05, 0) is 44.8 Å². The molecule has 1 fully saturated rings. The number of nitrogens with zero attached hydrogens (tertiary/aromatic N) is 1. The van der Waals surface area contributed by atoms with Crippen LogP contribution in [-0.2, 0) is 11.0 Å². The fourth-order valence-corrected chi connectivity index (χ4v) is 2.86. The maximum Gasteiger partial charge on any atom is 0.177 e. The first-order valence-electron chi connectivity index (χ1n) is 6.06. The first-order valence-corrected chi connectivity index (χ1v) is 6.47. The zero-order valence-corrected chi connectivity index (χ0v) is 11.7. The Morgan fingerprint density at radius 1 is 1.25 bits per heavy atom. The van der Waals surface area contributed by atoms with E-state index in [1.807, 2.05) is 0 Å². The van der Waals surface area contributed by atoms with Gasteiger partial charge in [-0.2, -0.15) is 0 Å². The van der Waals surface area contributed by atoms with Gasteiger partial charge in [0.1, 0.15) is 0 Å². The molecule has 2 rings (SSSR count). The van der Waals surface area contributed by atoms with Crippen molar-refractivity contribution in [3.63, 3.8) is 0 Å². The number of imidazole rings is 1. The summed E-state index contributed by atoms with van der Waals surface area (Å²) in [4.78, 5) is 3.21. The molecule has 16 heavy (non-hydrogen) atoms. The third kappa shape index (κ3) is 1.86. The van der Waals surface area contributed by atoms with Crippen LogP contribution in [0.1, 0.15) is 53.2 Å². The predicted molar refractivity (Wildman–Crippen MR) is 70.4 cm³/mol. The van der Waals surface area contributed by atoms with E-state index < -0.39 is 0 Å². The molecule has 0 saturated heterocycles. The van der Waals surface area contributed by atoms with Crippen molar-refractivity contribution in [3.8, 4) is 0 Å². The van der Waals surface area contributed by atoms with Gasteiger partial charge >= 0.3 is 0 Å². The van der Waals surface area contributed by atoms with Gasteiger partial charge in [-0.25, -0.2) is 0 Å². The molecule has 2 nitrogen and oxygen atoms in total. The number of H-pyrrole nitrogens is 1. The lowest BCUT2D eigenvalue weighted by Crippen LogP contribution is -2.33. The zero-order chi connectivity index (χ0) is 12.1. The molecular weight excluding hydrogens is 216 g/mol. The summed E-state index contributed by atoms with van der Waals surface area (Å²) >= 11 is 5.44. The second-order valence-corrected chi connectivity index (χ2v) is 6.88. The van der Waals surface area contributed by atoms with Gasteiger partial charge in [-0.15, -0.1) is 0 Å². The van der Waals surface area contributed by atoms with Crippen molar-refractivity contribution in [1.29, 1.82) is 0 Å². The Balaban J connectivity index is 2.55. The lowest BCUT2D eigenvalue weighted by Gasteiger charge is -2.32. The molecule has 0 aliphatic heterocycles. The highest BCUT2D eigenvalue weighted by atomic mass is 32.1. The molecular formula is C13H22N2S. The fraction of sp³-hybridized carbons (Fsp3) is 0.769. The summed E-state index contributed by atoms with van der Waals surface area (Å²) in [6, 6.07) is 0. The largest absolute Gasteiger partial charge is 0.337 e. The van der Waals surface area contributed by atoms with Crippen molar-refractivity contribution in [1.82, 2.24) is 9.55 Å². The fourth-order valence-electron chi connectivity index (χ4n) is 2.47. The number of nitrogens with one attached hydrogen (secondary N) is 1. The molecule has 1 aliphatic rings. The van der Waals surface area contributed by atoms with Crippen molar-refractivity contribution < 1.29 is 0 Å². The van der Waals surface area contributed by atoms with Gasteiger partial charge in [0.05, 0.1) is 0 Å². The number of hydrogen-bond donors (Lipinski definition) is 1. The van der Waals surface area contributed by atoms with Crippen LogP contribution in [0.25, 0.3) is 0 Å². The Kier molecular flexibility index (Phi) is 2.57. The molecule has 0 radical (unpaired) electrons. The molecule has 0 spiro atoms. The van der Waals surface area contributed by atoms with Crippen LogP contribution >= 0.6 is 12.2 Å². The number of aromatic amines is 1. The van der Waals surface area contributed by atoms with Crippen LogP contribution in [0.3, 0.4) is 0 Å². The standard InChI is InChI=1S/C13H22N2S/c1-12(2,3)10-8-14-11(16)15(10)13(4,5)9-6-7-9/h8-9H,6-7H2,1-5H3,(H,14,16). The van der Waals surface area contributed by atoms with Crippen LogP contribution in [-0.4, -0.2) is 9.55 Å². The first kappa shape index (κ1) is 11.9. The van der Waals surface area contributed by atoms with Crippen LogP contribution in [0.2, 0.25) is 0 Å². The van der Waals surface area contributed by atoms with E-state index in [2.05, 4.69) is 50.4 Å². The molecule has 0 aromatic carbocycles. The second kappa shape index (κ2) is 3.46. The molecule has 1 N–H and O–H groups in total. The van der Waals surface area contributed by atoms with E-state index in [4.69, 9.17) is 12.2 Å². The molecule has 1 aromatic heterocycles. The Morgan fingerprint density at radius 2 is 1.81 bits per heavy atom. The van der Waals surface area contributed by atoms with E-state index in [1.165, 1.54) is 18.5 Å². The smallest absolute Gasteiger partial charge is 0.177 e. The summed E-state index contributed by atoms with van der Waals surface area (Å²) in [6.07, 6.45) is 4.75. The minimum atomic E-state index is 0.139. The SMILES string of the molecule is CC(C)(C)c1c[nH]c(=S)n1C(C)(C)C1CC1. The molecule has 1 heterocycles. The monoisotopic (exact) mass is 238 g/mol. The van der Waals surface area contributed by atoms with Crippen LogP contribution in [0.4, 0.5) is 0 Å². The summed E-state index contributed by atoms with van der Waals surface area (Å²) in [7, 11) is 0. The van der Waals surface area contributed by atoms with E-state index in [-0.39, 0.29) is 11.0 Å². The van der Waals surface area contributed by atoms with Crippen LogP contribution in [0.15, 0.2) is 6.20 Å². The topological polar surface area (TPSA) is 20.7 Å². The lowest BCUT2D eigenvalue weighted by atomic mass is 9.89. The van der Waals surface area contributed by atoms with Gasteiger partial charge in [-0.3, -0.25) is 0 Å². The quantitative estimate of drug-likeness (QED) is 0.773. The van der Waals surface area contributed by atoms with E-state index in [9.17, 15) is 0 Å². The van der Waals surface area contributed by atoms with Gasteiger partial charge < -0.3 is 9.55 Å². The normalized spacial score (nSPS) is 17.8. The van der Waals surface area contributed by atoms with Crippen molar-refractivity contribution >= 4 is 12.2 Å². The Hall–Kier alpha value is -0.570. The minimum absolute atomic E-state index is 0.139. The van der Waals surface area contributed by atoms with E-state index in [1.54, 1.807) is 0 Å². The van der Waals surface area contributed by atoms with E-state index >= 15 is 0 Å². The van der Waals surface area contributed by atoms with Crippen LogP contribution in [0.5, 0.6) is 0 Å².